The van der Waals surface area contributed by atoms with E-state index in [1.54, 1.807) is 24.3 Å². The van der Waals surface area contributed by atoms with Gasteiger partial charge in [0.1, 0.15) is 0 Å². The summed E-state index contributed by atoms with van der Waals surface area (Å²) in [6, 6.07) is 17.5. The van der Waals surface area contributed by atoms with Gasteiger partial charge in [-0.05, 0) is 59.4 Å². The van der Waals surface area contributed by atoms with Crippen LogP contribution in [0.1, 0.15) is 22.3 Å². The zero-order valence-electron chi connectivity index (χ0n) is 13.0. The van der Waals surface area contributed by atoms with Crippen LogP contribution in [-0.2, 0) is 12.8 Å². The summed E-state index contributed by atoms with van der Waals surface area (Å²) >= 11 is 0. The number of rotatable bonds is 4. The van der Waals surface area contributed by atoms with Crippen molar-refractivity contribution >= 4 is 0 Å². The van der Waals surface area contributed by atoms with Crippen LogP contribution in [-0.4, -0.2) is 20.4 Å². The van der Waals surface area contributed by atoms with E-state index in [1.807, 2.05) is 24.3 Å². The molecule has 4 N–H and O–H groups in total. The molecule has 24 heavy (non-hydrogen) atoms. The van der Waals surface area contributed by atoms with Gasteiger partial charge in [0.2, 0.25) is 0 Å². The molecule has 0 radical (unpaired) electrons. The molecule has 3 aromatic carbocycles. The van der Waals surface area contributed by atoms with E-state index < -0.39 is 0 Å². The molecule has 4 heteroatoms. The molecule has 0 saturated heterocycles. The average molecular weight is 322 g/mol. The topological polar surface area (TPSA) is 80.9 Å². The van der Waals surface area contributed by atoms with Crippen LogP contribution in [0.5, 0.6) is 23.0 Å². The number of aromatic hydroxyl groups is 4. The van der Waals surface area contributed by atoms with E-state index in [1.165, 1.54) is 12.1 Å². The maximum Gasteiger partial charge on any atom is 0.157 e. The molecule has 0 fully saturated rings. The Bertz CT molecular complexity index is 799. The van der Waals surface area contributed by atoms with Gasteiger partial charge in [-0.1, -0.05) is 36.4 Å². The Balaban J connectivity index is 1.87. The molecular formula is C20H18O4. The van der Waals surface area contributed by atoms with Crippen molar-refractivity contribution in [3.8, 4) is 23.0 Å². The predicted octanol–water partition coefficient (Wildman–Crippen LogP) is 3.69. The van der Waals surface area contributed by atoms with Crippen molar-refractivity contribution in [2.45, 2.75) is 12.8 Å². The van der Waals surface area contributed by atoms with Crippen molar-refractivity contribution in [3.05, 3.63) is 82.9 Å². The molecule has 4 nitrogen and oxygen atoms in total. The summed E-state index contributed by atoms with van der Waals surface area (Å²) in [5.41, 5.74) is 3.97. The van der Waals surface area contributed by atoms with E-state index in [4.69, 9.17) is 0 Å². The van der Waals surface area contributed by atoms with Gasteiger partial charge in [-0.3, -0.25) is 0 Å². The van der Waals surface area contributed by atoms with Crippen LogP contribution in [0, 0.1) is 0 Å². The van der Waals surface area contributed by atoms with Gasteiger partial charge in [-0.15, -0.1) is 0 Å². The smallest absolute Gasteiger partial charge is 0.157 e. The second-order valence-electron chi connectivity index (χ2n) is 5.77. The van der Waals surface area contributed by atoms with E-state index in [-0.39, 0.29) is 23.0 Å². The molecule has 0 atom stereocenters. The zero-order valence-corrected chi connectivity index (χ0v) is 13.0. The Morgan fingerprint density at radius 2 is 0.917 bits per heavy atom. The SMILES string of the molecule is Oc1ccc(Cc2ccccc2Cc2ccc(O)c(O)c2)cc1O. The minimum Gasteiger partial charge on any atom is -0.504 e. The van der Waals surface area contributed by atoms with Crippen LogP contribution in [0.4, 0.5) is 0 Å². The molecule has 0 bridgehead atoms. The predicted molar refractivity (Wildman–Crippen MR) is 91.6 cm³/mol. The molecule has 3 aromatic rings. The molecule has 122 valence electrons. The van der Waals surface area contributed by atoms with Crippen molar-refractivity contribution in [1.29, 1.82) is 0 Å². The first-order chi connectivity index (χ1) is 11.5. The normalized spacial score (nSPS) is 10.7. The monoisotopic (exact) mass is 322 g/mol. The van der Waals surface area contributed by atoms with Crippen LogP contribution < -0.4 is 0 Å². The molecule has 0 heterocycles. The summed E-state index contributed by atoms with van der Waals surface area (Å²) in [7, 11) is 0. The maximum atomic E-state index is 9.64. The fourth-order valence-electron chi connectivity index (χ4n) is 2.70. The second kappa shape index (κ2) is 6.54. The molecule has 0 saturated carbocycles. The number of hydrogen-bond acceptors (Lipinski definition) is 4. The first-order valence-electron chi connectivity index (χ1n) is 7.61. The van der Waals surface area contributed by atoms with Gasteiger partial charge < -0.3 is 20.4 Å². The molecule has 0 spiro atoms. The van der Waals surface area contributed by atoms with Crippen LogP contribution in [0.25, 0.3) is 0 Å². The highest BCUT2D eigenvalue weighted by Crippen LogP contribution is 2.29. The highest BCUT2D eigenvalue weighted by Gasteiger charge is 2.08. The van der Waals surface area contributed by atoms with E-state index in [0.29, 0.717) is 12.8 Å². The third-order valence-electron chi connectivity index (χ3n) is 3.99. The number of hydrogen-bond donors (Lipinski definition) is 4. The fourth-order valence-corrected chi connectivity index (χ4v) is 2.70. The van der Waals surface area contributed by atoms with Crippen molar-refractivity contribution in [1.82, 2.24) is 0 Å². The molecule has 0 aromatic heterocycles. The third kappa shape index (κ3) is 3.43. The summed E-state index contributed by atoms with van der Waals surface area (Å²) < 4.78 is 0. The van der Waals surface area contributed by atoms with Crippen LogP contribution in [0.3, 0.4) is 0 Å². The van der Waals surface area contributed by atoms with Gasteiger partial charge in [-0.2, -0.15) is 0 Å². The van der Waals surface area contributed by atoms with Gasteiger partial charge in [-0.25, -0.2) is 0 Å². The Labute approximate surface area is 139 Å². The molecule has 3 rings (SSSR count). The number of phenolic OH excluding ortho intramolecular Hbond substituents is 4. The molecule has 0 amide bonds. The number of phenols is 4. The van der Waals surface area contributed by atoms with Crippen molar-refractivity contribution in [2.75, 3.05) is 0 Å². The highest BCUT2D eigenvalue weighted by atomic mass is 16.3. The fraction of sp³-hybridized carbons (Fsp3) is 0.100. The summed E-state index contributed by atoms with van der Waals surface area (Å²) in [5, 5.41) is 38.1. The van der Waals surface area contributed by atoms with E-state index >= 15 is 0 Å². The largest absolute Gasteiger partial charge is 0.504 e. The van der Waals surface area contributed by atoms with Crippen molar-refractivity contribution < 1.29 is 20.4 Å². The zero-order chi connectivity index (χ0) is 17.1. The Morgan fingerprint density at radius 1 is 0.500 bits per heavy atom. The Hall–Kier alpha value is -3.14. The molecule has 0 aliphatic carbocycles. The van der Waals surface area contributed by atoms with Gasteiger partial charge in [0.15, 0.2) is 23.0 Å². The molecule has 0 aliphatic heterocycles. The first kappa shape index (κ1) is 15.7. The lowest BCUT2D eigenvalue weighted by molar-refractivity contribution is 0.403. The summed E-state index contributed by atoms with van der Waals surface area (Å²) in [4.78, 5) is 0. The maximum absolute atomic E-state index is 9.64. The van der Waals surface area contributed by atoms with Crippen LogP contribution in [0.2, 0.25) is 0 Å². The van der Waals surface area contributed by atoms with Gasteiger partial charge in [0, 0.05) is 0 Å². The third-order valence-corrected chi connectivity index (χ3v) is 3.99. The lowest BCUT2D eigenvalue weighted by atomic mass is 9.95. The summed E-state index contributed by atoms with van der Waals surface area (Å²) in [6.45, 7) is 0. The summed E-state index contributed by atoms with van der Waals surface area (Å²) in [5.74, 6) is -0.528. The standard InChI is InChI=1S/C20H18O4/c21-17-7-5-13(11-19(17)23)9-15-3-1-2-4-16(15)10-14-6-8-18(22)20(24)12-14/h1-8,11-12,21-24H,9-10H2. The molecular weight excluding hydrogens is 304 g/mol. The first-order valence-corrected chi connectivity index (χ1v) is 7.61. The Morgan fingerprint density at radius 3 is 1.29 bits per heavy atom. The van der Waals surface area contributed by atoms with E-state index in [2.05, 4.69) is 0 Å². The van der Waals surface area contributed by atoms with E-state index in [9.17, 15) is 20.4 Å². The quantitative estimate of drug-likeness (QED) is 0.552. The Kier molecular flexibility index (Phi) is 4.29. The van der Waals surface area contributed by atoms with Gasteiger partial charge >= 0.3 is 0 Å². The van der Waals surface area contributed by atoms with Gasteiger partial charge in [0.05, 0.1) is 0 Å². The second-order valence-corrected chi connectivity index (χ2v) is 5.77. The van der Waals surface area contributed by atoms with Crippen molar-refractivity contribution in [3.63, 3.8) is 0 Å². The average Bonchev–Trinajstić information content (AvgIpc) is 2.56. The summed E-state index contributed by atoms with van der Waals surface area (Å²) in [6.07, 6.45) is 1.24. The molecule has 0 aliphatic rings. The van der Waals surface area contributed by atoms with Crippen LogP contribution >= 0.6 is 0 Å². The minimum atomic E-state index is -0.133. The van der Waals surface area contributed by atoms with Crippen LogP contribution in [0.15, 0.2) is 60.7 Å². The van der Waals surface area contributed by atoms with E-state index in [0.717, 1.165) is 22.3 Å². The lowest BCUT2D eigenvalue weighted by Crippen LogP contribution is -1.97. The molecule has 0 unspecified atom stereocenters. The highest BCUT2D eigenvalue weighted by molar-refractivity contribution is 5.45. The van der Waals surface area contributed by atoms with Crippen molar-refractivity contribution in [2.24, 2.45) is 0 Å². The lowest BCUT2D eigenvalue weighted by Gasteiger charge is -2.11. The number of benzene rings is 3. The minimum absolute atomic E-state index is 0.131. The van der Waals surface area contributed by atoms with Gasteiger partial charge in [0.25, 0.3) is 0 Å².